The third-order valence-electron chi connectivity index (χ3n) is 3.71. The first-order valence-electron chi connectivity index (χ1n) is 7.47. The van der Waals surface area contributed by atoms with Gasteiger partial charge in [0.2, 0.25) is 0 Å². The van der Waals surface area contributed by atoms with E-state index in [9.17, 15) is 0 Å². The normalized spacial score (nSPS) is 25.1. The summed E-state index contributed by atoms with van der Waals surface area (Å²) < 4.78 is 16.8. The van der Waals surface area contributed by atoms with Crippen LogP contribution in [0, 0.1) is 5.92 Å². The number of rotatable bonds is 9. The first-order chi connectivity index (χ1) is 9.60. The van der Waals surface area contributed by atoms with E-state index in [0.29, 0.717) is 26.1 Å². The van der Waals surface area contributed by atoms with Gasteiger partial charge in [-0.15, -0.1) is 0 Å². The minimum Gasteiger partial charge on any atom is -0.364 e. The summed E-state index contributed by atoms with van der Waals surface area (Å²) in [6, 6.07) is 10.1. The number of hydrogen-bond donors (Lipinski definition) is 0. The molecule has 1 heterocycles. The van der Waals surface area contributed by atoms with Gasteiger partial charge in [-0.2, -0.15) is 0 Å². The van der Waals surface area contributed by atoms with Crippen LogP contribution in [-0.4, -0.2) is 25.1 Å². The second-order valence-corrected chi connectivity index (χ2v) is 6.19. The van der Waals surface area contributed by atoms with E-state index in [1.54, 1.807) is 0 Å². The molecule has 1 aliphatic heterocycles. The van der Waals surface area contributed by atoms with Crippen molar-refractivity contribution in [3.8, 4) is 0 Å². The summed E-state index contributed by atoms with van der Waals surface area (Å²) in [5.41, 5.74) is 1.07. The van der Waals surface area contributed by atoms with Crippen LogP contribution in [0.1, 0.15) is 39.2 Å². The van der Waals surface area contributed by atoms with E-state index in [1.807, 2.05) is 30.3 Å². The molecule has 0 aliphatic carbocycles. The van der Waals surface area contributed by atoms with Crippen LogP contribution < -0.4 is 0 Å². The molecule has 3 heteroatoms. The van der Waals surface area contributed by atoms with Gasteiger partial charge in [0.05, 0.1) is 19.3 Å². The molecule has 20 heavy (non-hydrogen) atoms. The van der Waals surface area contributed by atoms with Crippen LogP contribution in [-0.2, 0) is 20.8 Å². The fourth-order valence-corrected chi connectivity index (χ4v) is 2.30. The van der Waals surface area contributed by atoms with Crippen molar-refractivity contribution in [3.63, 3.8) is 0 Å². The Balaban J connectivity index is 1.53. The minimum absolute atomic E-state index is 0.0923. The molecule has 1 aliphatic rings. The Bertz CT molecular complexity index is 390. The molecule has 0 spiro atoms. The number of epoxide rings is 1. The van der Waals surface area contributed by atoms with Crippen molar-refractivity contribution in [1.82, 2.24) is 0 Å². The van der Waals surface area contributed by atoms with Crippen LogP contribution >= 0.6 is 0 Å². The summed E-state index contributed by atoms with van der Waals surface area (Å²) in [6.45, 7) is 8.14. The van der Waals surface area contributed by atoms with Gasteiger partial charge in [-0.1, -0.05) is 44.2 Å². The molecule has 0 radical (unpaired) electrons. The second-order valence-electron chi connectivity index (χ2n) is 6.19. The van der Waals surface area contributed by atoms with Crippen LogP contribution in [0.3, 0.4) is 0 Å². The molecule has 2 rings (SSSR count). The number of ether oxygens (including phenoxy) is 3. The van der Waals surface area contributed by atoms with E-state index in [2.05, 4.69) is 20.8 Å². The Kier molecular flexibility index (Phi) is 5.58. The highest BCUT2D eigenvalue weighted by Crippen LogP contribution is 2.39. The summed E-state index contributed by atoms with van der Waals surface area (Å²) in [5.74, 6) is 0.735. The van der Waals surface area contributed by atoms with E-state index in [-0.39, 0.29) is 5.60 Å². The van der Waals surface area contributed by atoms with Gasteiger partial charge in [-0.3, -0.25) is 0 Å². The van der Waals surface area contributed by atoms with Crippen LogP contribution in [0.5, 0.6) is 0 Å². The van der Waals surface area contributed by atoms with E-state index >= 15 is 0 Å². The molecular formula is C17H26O3. The highest BCUT2D eigenvalue weighted by atomic mass is 16.7. The Morgan fingerprint density at radius 2 is 1.95 bits per heavy atom. The maximum absolute atomic E-state index is 5.74. The van der Waals surface area contributed by atoms with Gasteiger partial charge in [0.1, 0.15) is 12.4 Å². The molecule has 1 aromatic rings. The third kappa shape index (κ3) is 4.89. The zero-order chi connectivity index (χ0) is 14.4. The van der Waals surface area contributed by atoms with E-state index in [0.717, 1.165) is 12.3 Å². The molecule has 0 amide bonds. The predicted octanol–water partition coefficient (Wildman–Crippen LogP) is 3.77. The predicted molar refractivity (Wildman–Crippen MR) is 79.4 cm³/mol. The lowest BCUT2D eigenvalue weighted by molar-refractivity contribution is -0.0737. The maximum Gasteiger partial charge on any atom is 0.147 e. The summed E-state index contributed by atoms with van der Waals surface area (Å²) in [7, 11) is 0. The van der Waals surface area contributed by atoms with Gasteiger partial charge in [0.25, 0.3) is 0 Å². The van der Waals surface area contributed by atoms with Crippen LogP contribution in [0.2, 0.25) is 0 Å². The topological polar surface area (TPSA) is 31.0 Å². The van der Waals surface area contributed by atoms with Crippen LogP contribution in [0.4, 0.5) is 0 Å². The van der Waals surface area contributed by atoms with E-state index < -0.39 is 0 Å². The molecule has 0 aromatic heterocycles. The van der Waals surface area contributed by atoms with Gasteiger partial charge >= 0.3 is 0 Å². The molecule has 112 valence electrons. The van der Waals surface area contributed by atoms with Crippen molar-refractivity contribution in [1.29, 1.82) is 0 Å². The van der Waals surface area contributed by atoms with E-state index in [4.69, 9.17) is 14.2 Å². The number of benzene rings is 1. The quantitative estimate of drug-likeness (QED) is 0.391. The Morgan fingerprint density at radius 3 is 2.65 bits per heavy atom. The molecule has 0 N–H and O–H groups in total. The molecule has 0 saturated carbocycles. The van der Waals surface area contributed by atoms with Gasteiger partial charge in [0, 0.05) is 0 Å². The Labute approximate surface area is 122 Å². The first kappa shape index (κ1) is 15.5. The highest BCUT2D eigenvalue weighted by molar-refractivity contribution is 5.13. The van der Waals surface area contributed by atoms with Crippen molar-refractivity contribution in [3.05, 3.63) is 35.9 Å². The zero-order valence-corrected chi connectivity index (χ0v) is 12.8. The third-order valence-corrected chi connectivity index (χ3v) is 3.71. The van der Waals surface area contributed by atoms with Gasteiger partial charge in [0.15, 0.2) is 0 Å². The summed E-state index contributed by atoms with van der Waals surface area (Å²) >= 11 is 0. The molecule has 1 aromatic carbocycles. The summed E-state index contributed by atoms with van der Waals surface area (Å²) in [4.78, 5) is 0. The lowest BCUT2D eigenvalue weighted by Gasteiger charge is -2.09. The fourth-order valence-electron chi connectivity index (χ4n) is 2.30. The summed E-state index contributed by atoms with van der Waals surface area (Å²) in [5, 5.41) is 0. The van der Waals surface area contributed by atoms with Crippen LogP contribution in [0.15, 0.2) is 30.3 Å². The van der Waals surface area contributed by atoms with Crippen molar-refractivity contribution in [2.45, 2.75) is 51.9 Å². The minimum atomic E-state index is -0.0923. The van der Waals surface area contributed by atoms with Gasteiger partial charge < -0.3 is 14.2 Å². The average molecular weight is 278 g/mol. The average Bonchev–Trinajstić information content (AvgIpc) is 3.08. The molecule has 2 atom stereocenters. The summed E-state index contributed by atoms with van der Waals surface area (Å²) in [6.07, 6.45) is 2.70. The van der Waals surface area contributed by atoms with Crippen molar-refractivity contribution < 1.29 is 14.2 Å². The van der Waals surface area contributed by atoms with Gasteiger partial charge in [-0.05, 0) is 31.2 Å². The first-order valence-corrected chi connectivity index (χ1v) is 7.47. The Hall–Kier alpha value is -0.900. The molecule has 0 bridgehead atoms. The smallest absolute Gasteiger partial charge is 0.147 e. The molecule has 1 saturated heterocycles. The Morgan fingerprint density at radius 1 is 1.20 bits per heavy atom. The molecule has 3 nitrogen and oxygen atoms in total. The molecular weight excluding hydrogens is 252 g/mol. The SMILES string of the molecule is CC(C)CCC1OC1(C)COCOCc1ccccc1. The van der Waals surface area contributed by atoms with E-state index in [1.165, 1.54) is 12.0 Å². The molecule has 2 unspecified atom stereocenters. The van der Waals surface area contributed by atoms with Crippen molar-refractivity contribution in [2.24, 2.45) is 5.92 Å². The standard InChI is InChI=1S/C17H26O3/c1-14(2)9-10-16-17(3,20-16)12-19-13-18-11-15-7-5-4-6-8-15/h4-8,14,16H,9-13H2,1-3H3. The highest BCUT2D eigenvalue weighted by Gasteiger charge is 2.51. The lowest BCUT2D eigenvalue weighted by atomic mass is 10.0. The van der Waals surface area contributed by atoms with Crippen LogP contribution in [0.25, 0.3) is 0 Å². The van der Waals surface area contributed by atoms with Crippen molar-refractivity contribution in [2.75, 3.05) is 13.4 Å². The largest absolute Gasteiger partial charge is 0.364 e. The zero-order valence-electron chi connectivity index (χ0n) is 12.8. The monoisotopic (exact) mass is 278 g/mol. The van der Waals surface area contributed by atoms with Gasteiger partial charge in [-0.25, -0.2) is 0 Å². The molecule has 1 fully saturated rings. The number of hydrogen-bond acceptors (Lipinski definition) is 3. The fraction of sp³-hybridized carbons (Fsp3) is 0.647. The van der Waals surface area contributed by atoms with Crippen molar-refractivity contribution >= 4 is 0 Å². The second kappa shape index (κ2) is 7.21. The maximum atomic E-state index is 5.74. The lowest BCUT2D eigenvalue weighted by Crippen LogP contribution is -2.19.